The number of nitrogens with one attached hydrogen (secondary N) is 2. The number of carbonyl (C=O) groups is 1. The summed E-state index contributed by atoms with van der Waals surface area (Å²) >= 11 is 0. The monoisotopic (exact) mass is 274 g/mol. The Kier molecular flexibility index (Phi) is 5.60. The fraction of sp³-hybridized carbons (Fsp3) is 0.588. The smallest absolute Gasteiger partial charge is 0.233 e. The molecule has 20 heavy (non-hydrogen) atoms. The Hall–Kier alpha value is -1.35. The van der Waals surface area contributed by atoms with Gasteiger partial charge < -0.3 is 10.6 Å². The minimum atomic E-state index is 0.0899. The number of rotatable bonds is 5. The summed E-state index contributed by atoms with van der Waals surface area (Å²) < 4.78 is 0. The maximum atomic E-state index is 11.8. The molecule has 3 heteroatoms. The van der Waals surface area contributed by atoms with Crippen molar-refractivity contribution in [2.45, 2.75) is 43.9 Å². The van der Waals surface area contributed by atoms with Crippen LogP contribution >= 0.6 is 0 Å². The molecule has 3 nitrogen and oxygen atoms in total. The number of amides is 1. The molecule has 0 heterocycles. The Morgan fingerprint density at radius 3 is 2.35 bits per heavy atom. The molecule has 1 aromatic rings. The van der Waals surface area contributed by atoms with Crippen molar-refractivity contribution in [2.75, 3.05) is 20.1 Å². The van der Waals surface area contributed by atoms with Gasteiger partial charge in [-0.1, -0.05) is 56.0 Å². The molecule has 0 radical (unpaired) electrons. The second-order valence-corrected chi connectivity index (χ2v) is 5.87. The topological polar surface area (TPSA) is 41.1 Å². The maximum absolute atomic E-state index is 11.8. The molecule has 1 aliphatic rings. The number of likely N-dealkylation sites (N-methyl/N-ethyl adjacent to an activating group) is 1. The predicted molar refractivity (Wildman–Crippen MR) is 82.8 cm³/mol. The van der Waals surface area contributed by atoms with E-state index in [2.05, 4.69) is 41.0 Å². The van der Waals surface area contributed by atoms with Crippen LogP contribution in [0.4, 0.5) is 0 Å². The molecule has 2 rings (SSSR count). The third-order valence-electron chi connectivity index (χ3n) is 4.41. The van der Waals surface area contributed by atoms with Gasteiger partial charge in [0.05, 0.1) is 6.54 Å². The lowest BCUT2D eigenvalue weighted by Gasteiger charge is -2.34. The summed E-state index contributed by atoms with van der Waals surface area (Å²) in [4.78, 5) is 11.8. The summed E-state index contributed by atoms with van der Waals surface area (Å²) in [6, 6.07) is 10.7. The van der Waals surface area contributed by atoms with Crippen molar-refractivity contribution >= 4 is 5.91 Å². The van der Waals surface area contributed by atoms with Crippen LogP contribution in [-0.4, -0.2) is 26.0 Å². The van der Waals surface area contributed by atoms with Gasteiger partial charge in [-0.15, -0.1) is 0 Å². The van der Waals surface area contributed by atoms with E-state index < -0.39 is 0 Å². The summed E-state index contributed by atoms with van der Waals surface area (Å²) in [5, 5.41) is 6.03. The molecular weight excluding hydrogens is 248 g/mol. The zero-order chi connectivity index (χ0) is 14.3. The van der Waals surface area contributed by atoms with Crippen LogP contribution in [0.5, 0.6) is 0 Å². The van der Waals surface area contributed by atoms with E-state index >= 15 is 0 Å². The molecule has 1 fully saturated rings. The number of benzene rings is 1. The molecular formula is C17H26N2O. The molecule has 1 amide bonds. The SMILES string of the molecule is CNCC(=O)NCC1(c2ccccc2)CCCCCC1. The van der Waals surface area contributed by atoms with Gasteiger partial charge in [-0.25, -0.2) is 0 Å². The van der Waals surface area contributed by atoms with Crippen LogP contribution in [0.15, 0.2) is 30.3 Å². The average molecular weight is 274 g/mol. The van der Waals surface area contributed by atoms with Crippen molar-refractivity contribution in [3.05, 3.63) is 35.9 Å². The van der Waals surface area contributed by atoms with E-state index in [0.717, 1.165) is 6.54 Å². The molecule has 1 aromatic carbocycles. The van der Waals surface area contributed by atoms with Crippen LogP contribution in [0.25, 0.3) is 0 Å². The van der Waals surface area contributed by atoms with Gasteiger partial charge in [0.1, 0.15) is 0 Å². The number of hydrogen-bond acceptors (Lipinski definition) is 2. The van der Waals surface area contributed by atoms with Crippen LogP contribution < -0.4 is 10.6 Å². The van der Waals surface area contributed by atoms with E-state index in [1.54, 1.807) is 7.05 Å². The quantitative estimate of drug-likeness (QED) is 0.810. The second kappa shape index (κ2) is 7.44. The molecule has 0 atom stereocenters. The standard InChI is InChI=1S/C17H26N2O/c1-18-13-16(20)19-14-17(11-7-2-3-8-12-17)15-9-5-4-6-10-15/h4-6,9-10,18H,2-3,7-8,11-14H2,1H3,(H,19,20). The van der Waals surface area contributed by atoms with Crippen molar-refractivity contribution in [3.63, 3.8) is 0 Å². The van der Waals surface area contributed by atoms with Gasteiger partial charge in [0.25, 0.3) is 0 Å². The first-order chi connectivity index (χ1) is 9.77. The summed E-state index contributed by atoms with van der Waals surface area (Å²) in [5.74, 6) is 0.0899. The first kappa shape index (κ1) is 15.0. The van der Waals surface area contributed by atoms with Gasteiger partial charge in [0.2, 0.25) is 5.91 Å². The Morgan fingerprint density at radius 1 is 1.10 bits per heavy atom. The lowest BCUT2D eigenvalue weighted by Crippen LogP contribution is -2.43. The lowest BCUT2D eigenvalue weighted by molar-refractivity contribution is -0.120. The Balaban J connectivity index is 2.13. The Labute approximate surface area is 122 Å². The van der Waals surface area contributed by atoms with Crippen LogP contribution in [0.1, 0.15) is 44.1 Å². The number of hydrogen-bond donors (Lipinski definition) is 2. The van der Waals surface area contributed by atoms with E-state index in [1.165, 1.54) is 44.1 Å². The molecule has 0 unspecified atom stereocenters. The van der Waals surface area contributed by atoms with Crippen LogP contribution in [-0.2, 0) is 10.2 Å². The number of carbonyl (C=O) groups excluding carboxylic acids is 1. The first-order valence-corrected chi connectivity index (χ1v) is 7.74. The highest BCUT2D eigenvalue weighted by Crippen LogP contribution is 2.37. The predicted octanol–water partition coefficient (Wildman–Crippen LogP) is 2.61. The largest absolute Gasteiger partial charge is 0.354 e. The second-order valence-electron chi connectivity index (χ2n) is 5.87. The van der Waals surface area contributed by atoms with Crippen molar-refractivity contribution in [1.82, 2.24) is 10.6 Å². The van der Waals surface area contributed by atoms with E-state index in [9.17, 15) is 4.79 Å². The van der Waals surface area contributed by atoms with Crippen LogP contribution in [0.3, 0.4) is 0 Å². The maximum Gasteiger partial charge on any atom is 0.233 e. The summed E-state index contributed by atoms with van der Waals surface area (Å²) in [6.07, 6.45) is 7.51. The molecule has 1 saturated carbocycles. The molecule has 0 saturated heterocycles. The fourth-order valence-electron chi connectivity index (χ4n) is 3.26. The molecule has 0 aliphatic heterocycles. The summed E-state index contributed by atoms with van der Waals surface area (Å²) in [5.41, 5.74) is 1.51. The van der Waals surface area contributed by atoms with Gasteiger partial charge >= 0.3 is 0 Å². The molecule has 0 bridgehead atoms. The van der Waals surface area contributed by atoms with Gasteiger partial charge in [-0.3, -0.25) is 4.79 Å². The fourth-order valence-corrected chi connectivity index (χ4v) is 3.26. The average Bonchev–Trinajstić information content (AvgIpc) is 2.73. The molecule has 0 aromatic heterocycles. The highest BCUT2D eigenvalue weighted by atomic mass is 16.1. The van der Waals surface area contributed by atoms with E-state index in [0.29, 0.717) is 6.54 Å². The summed E-state index contributed by atoms with van der Waals surface area (Å²) in [6.45, 7) is 1.16. The minimum Gasteiger partial charge on any atom is -0.354 e. The Bertz CT molecular complexity index is 408. The molecule has 2 N–H and O–H groups in total. The highest BCUT2D eigenvalue weighted by molar-refractivity contribution is 5.78. The van der Waals surface area contributed by atoms with Gasteiger partial charge in [-0.2, -0.15) is 0 Å². The molecule has 110 valence electrons. The molecule has 0 spiro atoms. The van der Waals surface area contributed by atoms with E-state index in [4.69, 9.17) is 0 Å². The van der Waals surface area contributed by atoms with Gasteiger partial charge in [0, 0.05) is 12.0 Å². The minimum absolute atomic E-state index is 0.0899. The van der Waals surface area contributed by atoms with E-state index in [-0.39, 0.29) is 11.3 Å². The lowest BCUT2D eigenvalue weighted by atomic mass is 9.74. The normalized spacial score (nSPS) is 18.2. The first-order valence-electron chi connectivity index (χ1n) is 7.74. The van der Waals surface area contributed by atoms with E-state index in [1.807, 2.05) is 0 Å². The molecule has 1 aliphatic carbocycles. The van der Waals surface area contributed by atoms with Crippen LogP contribution in [0.2, 0.25) is 0 Å². The van der Waals surface area contributed by atoms with Crippen molar-refractivity contribution in [3.8, 4) is 0 Å². The summed E-state index contributed by atoms with van der Waals surface area (Å²) in [7, 11) is 1.80. The highest BCUT2D eigenvalue weighted by Gasteiger charge is 2.32. The van der Waals surface area contributed by atoms with Gasteiger partial charge in [-0.05, 0) is 25.5 Å². The third-order valence-corrected chi connectivity index (χ3v) is 4.41. The van der Waals surface area contributed by atoms with Crippen molar-refractivity contribution in [2.24, 2.45) is 0 Å². The van der Waals surface area contributed by atoms with Gasteiger partial charge in [0.15, 0.2) is 0 Å². The zero-order valence-corrected chi connectivity index (χ0v) is 12.5. The Morgan fingerprint density at radius 2 is 1.75 bits per heavy atom. The van der Waals surface area contributed by atoms with Crippen molar-refractivity contribution < 1.29 is 4.79 Å². The van der Waals surface area contributed by atoms with Crippen molar-refractivity contribution in [1.29, 1.82) is 0 Å². The third kappa shape index (κ3) is 3.83. The zero-order valence-electron chi connectivity index (χ0n) is 12.5. The van der Waals surface area contributed by atoms with Crippen LogP contribution in [0, 0.1) is 0 Å².